The number of ether oxygens (including phenoxy) is 1. The minimum atomic E-state index is 0.179. The molecule has 0 N–H and O–H groups in total. The number of hydrogen-bond donors (Lipinski definition) is 0. The molecule has 0 aliphatic carbocycles. The Bertz CT molecular complexity index is 766. The number of nitrogens with zero attached hydrogens (tertiary/aromatic N) is 3. The lowest BCUT2D eigenvalue weighted by Gasteiger charge is -2.37. The van der Waals surface area contributed by atoms with E-state index >= 15 is 0 Å². The predicted molar refractivity (Wildman–Crippen MR) is 106 cm³/mol. The summed E-state index contributed by atoms with van der Waals surface area (Å²) in [6, 6.07) is 10.1. The molecule has 0 spiro atoms. The molecule has 1 aromatic heterocycles. The molecule has 2 aliphatic rings. The molecule has 2 aromatic rings. The molecule has 1 atom stereocenters. The normalized spacial score (nSPS) is 21.4. The average molecular weight is 367 g/mol. The summed E-state index contributed by atoms with van der Waals surface area (Å²) < 4.78 is 7.52. The van der Waals surface area contributed by atoms with Crippen molar-refractivity contribution in [3.05, 3.63) is 53.9 Å². The lowest BCUT2D eigenvalue weighted by Crippen LogP contribution is -2.46. The molecule has 0 unspecified atom stereocenters. The summed E-state index contributed by atoms with van der Waals surface area (Å²) in [7, 11) is 0. The second-order valence-electron chi connectivity index (χ2n) is 7.76. The molecule has 2 aliphatic heterocycles. The van der Waals surface area contributed by atoms with Crippen LogP contribution < -0.4 is 0 Å². The van der Waals surface area contributed by atoms with E-state index in [9.17, 15) is 4.79 Å². The predicted octanol–water partition coefficient (Wildman–Crippen LogP) is 2.97. The molecule has 3 heterocycles. The smallest absolute Gasteiger partial charge is 0.254 e. The Kier molecular flexibility index (Phi) is 5.60. The van der Waals surface area contributed by atoms with Crippen LogP contribution in [-0.4, -0.2) is 66.2 Å². The van der Waals surface area contributed by atoms with Gasteiger partial charge in [0.25, 0.3) is 5.91 Å². The molecule has 144 valence electrons. The highest BCUT2D eigenvalue weighted by molar-refractivity contribution is 5.96. The second kappa shape index (κ2) is 8.28. The number of hydrogen-bond acceptors (Lipinski definition) is 3. The Hall–Kier alpha value is -2.11. The van der Waals surface area contributed by atoms with Crippen LogP contribution in [0.4, 0.5) is 0 Å². The van der Waals surface area contributed by atoms with Crippen molar-refractivity contribution in [3.63, 3.8) is 0 Å². The number of carbonyl (C=O) groups is 1. The van der Waals surface area contributed by atoms with Gasteiger partial charge in [0, 0.05) is 56.4 Å². The van der Waals surface area contributed by atoms with Crippen LogP contribution in [-0.2, 0) is 4.74 Å². The van der Waals surface area contributed by atoms with E-state index in [2.05, 4.69) is 20.4 Å². The van der Waals surface area contributed by atoms with Gasteiger partial charge in [-0.3, -0.25) is 9.69 Å². The first kappa shape index (κ1) is 18.3. The number of amides is 1. The summed E-state index contributed by atoms with van der Waals surface area (Å²) in [5.41, 5.74) is 2.97. The van der Waals surface area contributed by atoms with Gasteiger partial charge in [0.15, 0.2) is 0 Å². The third-order valence-electron chi connectivity index (χ3n) is 5.77. The van der Waals surface area contributed by atoms with Crippen LogP contribution >= 0.6 is 0 Å². The number of rotatable bonds is 4. The molecular weight excluding hydrogens is 338 g/mol. The second-order valence-corrected chi connectivity index (χ2v) is 7.76. The molecule has 0 radical (unpaired) electrons. The molecule has 1 aromatic carbocycles. The monoisotopic (exact) mass is 367 g/mol. The molecule has 4 rings (SSSR count). The molecule has 5 nitrogen and oxygen atoms in total. The molecule has 27 heavy (non-hydrogen) atoms. The van der Waals surface area contributed by atoms with Crippen molar-refractivity contribution in [1.29, 1.82) is 0 Å². The Morgan fingerprint density at radius 2 is 1.93 bits per heavy atom. The van der Waals surface area contributed by atoms with Gasteiger partial charge in [-0.05, 0) is 61.6 Å². The van der Waals surface area contributed by atoms with Crippen molar-refractivity contribution >= 4 is 5.91 Å². The maximum atomic E-state index is 13.1. The number of benzene rings is 1. The lowest BCUT2D eigenvalue weighted by atomic mass is 9.96. The number of morpholine rings is 1. The van der Waals surface area contributed by atoms with Crippen LogP contribution in [0, 0.1) is 12.8 Å². The zero-order valence-corrected chi connectivity index (χ0v) is 16.1. The molecule has 1 amide bonds. The Morgan fingerprint density at radius 1 is 1.15 bits per heavy atom. The maximum Gasteiger partial charge on any atom is 0.254 e. The minimum absolute atomic E-state index is 0.179. The Morgan fingerprint density at radius 3 is 2.67 bits per heavy atom. The van der Waals surface area contributed by atoms with Crippen LogP contribution in [0.2, 0.25) is 0 Å². The fraction of sp³-hybridized carbons (Fsp3) is 0.500. The molecule has 2 saturated heterocycles. The van der Waals surface area contributed by atoms with E-state index in [4.69, 9.17) is 4.74 Å². The molecule has 0 saturated carbocycles. The number of piperidine rings is 1. The Labute approximate surface area is 161 Å². The van der Waals surface area contributed by atoms with E-state index in [-0.39, 0.29) is 5.91 Å². The largest absolute Gasteiger partial charge is 0.379 e. The standard InChI is InChI=1S/C22H29N3O2/c1-18-15-20(24-8-2-3-9-24)6-7-21(18)22(26)25-10-4-5-19(17-25)16-23-11-13-27-14-12-23/h2-3,6-9,15,19H,4-5,10-14,16-17H2,1H3/t19-/m1/s1. The minimum Gasteiger partial charge on any atom is -0.379 e. The zero-order chi connectivity index (χ0) is 18.6. The topological polar surface area (TPSA) is 37.7 Å². The van der Waals surface area contributed by atoms with Crippen molar-refractivity contribution in [2.24, 2.45) is 5.92 Å². The summed E-state index contributed by atoms with van der Waals surface area (Å²) in [5.74, 6) is 0.749. The van der Waals surface area contributed by atoms with Crippen molar-refractivity contribution in [1.82, 2.24) is 14.4 Å². The van der Waals surface area contributed by atoms with E-state index in [1.807, 2.05) is 43.6 Å². The van der Waals surface area contributed by atoms with Gasteiger partial charge < -0.3 is 14.2 Å². The molecule has 0 bridgehead atoms. The van der Waals surface area contributed by atoms with E-state index in [1.165, 1.54) is 6.42 Å². The first-order valence-corrected chi connectivity index (χ1v) is 10.0. The van der Waals surface area contributed by atoms with Gasteiger partial charge >= 0.3 is 0 Å². The molecule has 5 heteroatoms. The van der Waals surface area contributed by atoms with Crippen LogP contribution in [0.5, 0.6) is 0 Å². The quantitative estimate of drug-likeness (QED) is 0.834. The van der Waals surface area contributed by atoms with Crippen LogP contribution in [0.25, 0.3) is 5.69 Å². The van der Waals surface area contributed by atoms with E-state index < -0.39 is 0 Å². The van der Waals surface area contributed by atoms with Crippen molar-refractivity contribution in [3.8, 4) is 5.69 Å². The highest BCUT2D eigenvalue weighted by atomic mass is 16.5. The van der Waals surface area contributed by atoms with Gasteiger partial charge in [-0.1, -0.05) is 0 Å². The number of aryl methyl sites for hydroxylation is 1. The van der Waals surface area contributed by atoms with Crippen LogP contribution in [0.1, 0.15) is 28.8 Å². The Balaban J connectivity index is 1.42. The van der Waals surface area contributed by atoms with E-state index in [0.29, 0.717) is 5.92 Å². The third-order valence-corrected chi connectivity index (χ3v) is 5.77. The SMILES string of the molecule is Cc1cc(-n2cccc2)ccc1C(=O)N1CCC[C@H](CN2CCOCC2)C1. The van der Waals surface area contributed by atoms with Crippen molar-refractivity contribution < 1.29 is 9.53 Å². The summed E-state index contributed by atoms with van der Waals surface area (Å²) >= 11 is 0. The lowest BCUT2D eigenvalue weighted by molar-refractivity contribution is 0.0223. The van der Waals surface area contributed by atoms with Gasteiger partial charge in [0.1, 0.15) is 0 Å². The van der Waals surface area contributed by atoms with Gasteiger partial charge in [0.2, 0.25) is 0 Å². The van der Waals surface area contributed by atoms with Gasteiger partial charge in [-0.2, -0.15) is 0 Å². The van der Waals surface area contributed by atoms with Gasteiger partial charge in [-0.25, -0.2) is 0 Å². The summed E-state index contributed by atoms with van der Waals surface area (Å²) in [6.45, 7) is 8.57. The third kappa shape index (κ3) is 4.25. The highest BCUT2D eigenvalue weighted by Gasteiger charge is 2.27. The number of aromatic nitrogens is 1. The fourth-order valence-corrected chi connectivity index (χ4v) is 4.27. The number of likely N-dealkylation sites (tertiary alicyclic amines) is 1. The first-order valence-electron chi connectivity index (χ1n) is 10.0. The number of carbonyl (C=O) groups excluding carboxylic acids is 1. The van der Waals surface area contributed by atoms with E-state index in [1.54, 1.807) is 0 Å². The summed E-state index contributed by atoms with van der Waals surface area (Å²) in [6.07, 6.45) is 6.36. The summed E-state index contributed by atoms with van der Waals surface area (Å²) in [4.78, 5) is 17.7. The van der Waals surface area contributed by atoms with Crippen molar-refractivity contribution in [2.75, 3.05) is 45.9 Å². The van der Waals surface area contributed by atoms with E-state index in [0.717, 1.165) is 69.2 Å². The fourth-order valence-electron chi connectivity index (χ4n) is 4.27. The maximum absolute atomic E-state index is 13.1. The average Bonchev–Trinajstić information content (AvgIpc) is 3.23. The van der Waals surface area contributed by atoms with Gasteiger partial charge in [0.05, 0.1) is 13.2 Å². The zero-order valence-electron chi connectivity index (χ0n) is 16.1. The van der Waals surface area contributed by atoms with Crippen molar-refractivity contribution in [2.45, 2.75) is 19.8 Å². The first-order chi connectivity index (χ1) is 13.2. The summed E-state index contributed by atoms with van der Waals surface area (Å²) in [5, 5.41) is 0. The molecule has 2 fully saturated rings. The highest BCUT2D eigenvalue weighted by Crippen LogP contribution is 2.22. The van der Waals surface area contributed by atoms with Crippen LogP contribution in [0.3, 0.4) is 0 Å². The molecular formula is C22H29N3O2. The van der Waals surface area contributed by atoms with Crippen LogP contribution in [0.15, 0.2) is 42.7 Å². The van der Waals surface area contributed by atoms with Gasteiger partial charge in [-0.15, -0.1) is 0 Å².